The fourth-order valence-electron chi connectivity index (χ4n) is 3.44. The van der Waals surface area contributed by atoms with Crippen LogP contribution < -0.4 is 5.73 Å². The normalized spacial score (nSPS) is 31.1. The summed E-state index contributed by atoms with van der Waals surface area (Å²) in [5.41, 5.74) is 5.88. The third kappa shape index (κ3) is 4.64. The quantitative estimate of drug-likeness (QED) is 0.864. The van der Waals surface area contributed by atoms with E-state index in [1.165, 1.54) is 32.1 Å². The first-order valence-corrected chi connectivity index (χ1v) is 7.75. The molecule has 2 fully saturated rings. The van der Waals surface area contributed by atoms with Gasteiger partial charge in [-0.1, -0.05) is 26.2 Å². The summed E-state index contributed by atoms with van der Waals surface area (Å²) in [5.74, 6) is 1.57. The van der Waals surface area contributed by atoms with Crippen LogP contribution in [0.15, 0.2) is 0 Å². The number of nitrogens with zero attached hydrogens (tertiary/aromatic N) is 1. The van der Waals surface area contributed by atoms with Gasteiger partial charge >= 0.3 is 0 Å². The third-order valence-electron chi connectivity index (χ3n) is 4.70. The average Bonchev–Trinajstić information content (AvgIpc) is 2.83. The standard InChI is InChI=1S/C15H28N2O.ClH/c1-2-3-4-12-5-7-13(8-6-12)15(18)17-10-9-14(16)11-17;/h12-14H,2-11,16H2,1H3;1H. The minimum Gasteiger partial charge on any atom is -0.341 e. The molecule has 4 heteroatoms. The molecule has 0 aromatic heterocycles. The maximum Gasteiger partial charge on any atom is 0.225 e. The van der Waals surface area contributed by atoms with Crippen molar-refractivity contribution in [2.24, 2.45) is 17.6 Å². The highest BCUT2D eigenvalue weighted by Gasteiger charge is 2.32. The molecule has 1 aliphatic carbocycles. The molecule has 112 valence electrons. The molecule has 1 aliphatic heterocycles. The van der Waals surface area contributed by atoms with Crippen LogP contribution in [0.4, 0.5) is 0 Å². The van der Waals surface area contributed by atoms with Crippen LogP contribution >= 0.6 is 12.4 Å². The molecular weight excluding hydrogens is 260 g/mol. The van der Waals surface area contributed by atoms with Crippen molar-refractivity contribution in [2.45, 2.75) is 64.3 Å². The number of amides is 1. The molecule has 1 amide bonds. The fourth-order valence-corrected chi connectivity index (χ4v) is 3.44. The first-order valence-electron chi connectivity index (χ1n) is 7.75. The van der Waals surface area contributed by atoms with Crippen LogP contribution in [0.2, 0.25) is 0 Å². The van der Waals surface area contributed by atoms with Crippen molar-refractivity contribution >= 4 is 18.3 Å². The maximum absolute atomic E-state index is 12.3. The van der Waals surface area contributed by atoms with Crippen LogP contribution in [0.3, 0.4) is 0 Å². The molecule has 0 radical (unpaired) electrons. The molecule has 1 saturated carbocycles. The van der Waals surface area contributed by atoms with Crippen LogP contribution in [0.5, 0.6) is 0 Å². The zero-order valence-electron chi connectivity index (χ0n) is 12.1. The van der Waals surface area contributed by atoms with Gasteiger partial charge in [-0.2, -0.15) is 0 Å². The zero-order chi connectivity index (χ0) is 13.0. The Bertz CT molecular complexity index is 277. The largest absolute Gasteiger partial charge is 0.341 e. The van der Waals surface area contributed by atoms with E-state index < -0.39 is 0 Å². The Kier molecular flexibility index (Phi) is 7.16. The molecule has 2 aliphatic rings. The highest BCUT2D eigenvalue weighted by Crippen LogP contribution is 2.33. The Labute approximate surface area is 123 Å². The number of likely N-dealkylation sites (tertiary alicyclic amines) is 1. The number of halogens is 1. The molecule has 0 aromatic rings. The summed E-state index contributed by atoms with van der Waals surface area (Å²) in [6.07, 6.45) is 9.74. The molecular formula is C15H29ClN2O. The highest BCUT2D eigenvalue weighted by molar-refractivity contribution is 5.85. The van der Waals surface area contributed by atoms with Crippen molar-refractivity contribution in [3.8, 4) is 0 Å². The second-order valence-electron chi connectivity index (χ2n) is 6.19. The number of hydrogen-bond acceptors (Lipinski definition) is 2. The second-order valence-corrected chi connectivity index (χ2v) is 6.19. The molecule has 1 saturated heterocycles. The molecule has 1 unspecified atom stereocenters. The number of carbonyl (C=O) groups excluding carboxylic acids is 1. The summed E-state index contributed by atoms with van der Waals surface area (Å²) in [5, 5.41) is 0. The Hall–Kier alpha value is -0.280. The number of hydrogen-bond donors (Lipinski definition) is 1. The van der Waals surface area contributed by atoms with Gasteiger partial charge < -0.3 is 10.6 Å². The summed E-state index contributed by atoms with van der Waals surface area (Å²) in [7, 11) is 0. The topological polar surface area (TPSA) is 46.3 Å². The van der Waals surface area contributed by atoms with E-state index in [0.29, 0.717) is 11.8 Å². The van der Waals surface area contributed by atoms with Crippen LogP contribution in [-0.2, 0) is 4.79 Å². The number of nitrogens with two attached hydrogens (primary N) is 1. The van der Waals surface area contributed by atoms with E-state index in [2.05, 4.69) is 6.92 Å². The van der Waals surface area contributed by atoms with Gasteiger partial charge in [-0.25, -0.2) is 0 Å². The van der Waals surface area contributed by atoms with E-state index in [-0.39, 0.29) is 18.4 Å². The minimum atomic E-state index is 0. The lowest BCUT2D eigenvalue weighted by atomic mass is 9.79. The maximum atomic E-state index is 12.3. The summed E-state index contributed by atoms with van der Waals surface area (Å²) < 4.78 is 0. The third-order valence-corrected chi connectivity index (χ3v) is 4.70. The lowest BCUT2D eigenvalue weighted by Gasteiger charge is -2.30. The van der Waals surface area contributed by atoms with E-state index in [1.807, 2.05) is 4.90 Å². The summed E-state index contributed by atoms with van der Waals surface area (Å²) in [4.78, 5) is 14.3. The molecule has 19 heavy (non-hydrogen) atoms. The summed E-state index contributed by atoms with van der Waals surface area (Å²) >= 11 is 0. The van der Waals surface area contributed by atoms with Crippen molar-refractivity contribution in [1.29, 1.82) is 0 Å². The van der Waals surface area contributed by atoms with Crippen molar-refractivity contribution in [3.63, 3.8) is 0 Å². The Morgan fingerprint density at radius 1 is 1.21 bits per heavy atom. The molecule has 3 nitrogen and oxygen atoms in total. The van der Waals surface area contributed by atoms with E-state index in [1.54, 1.807) is 0 Å². The van der Waals surface area contributed by atoms with Gasteiger partial charge in [0.25, 0.3) is 0 Å². The van der Waals surface area contributed by atoms with E-state index in [0.717, 1.165) is 38.3 Å². The summed E-state index contributed by atoms with van der Waals surface area (Å²) in [6.45, 7) is 3.93. The van der Waals surface area contributed by atoms with Gasteiger partial charge in [0.2, 0.25) is 5.91 Å². The average molecular weight is 289 g/mol. The fraction of sp³-hybridized carbons (Fsp3) is 0.933. The van der Waals surface area contributed by atoms with E-state index >= 15 is 0 Å². The summed E-state index contributed by atoms with van der Waals surface area (Å²) in [6, 6.07) is 0.217. The van der Waals surface area contributed by atoms with E-state index in [9.17, 15) is 4.79 Å². The molecule has 2 N–H and O–H groups in total. The molecule has 0 aromatic carbocycles. The van der Waals surface area contributed by atoms with Crippen LogP contribution in [-0.4, -0.2) is 29.9 Å². The Morgan fingerprint density at radius 3 is 2.42 bits per heavy atom. The minimum absolute atomic E-state index is 0. The molecule has 2 rings (SSSR count). The van der Waals surface area contributed by atoms with Crippen molar-refractivity contribution < 1.29 is 4.79 Å². The van der Waals surface area contributed by atoms with Crippen molar-refractivity contribution in [1.82, 2.24) is 4.90 Å². The lowest BCUT2D eigenvalue weighted by Crippen LogP contribution is -2.37. The van der Waals surface area contributed by atoms with Crippen LogP contribution in [0.25, 0.3) is 0 Å². The highest BCUT2D eigenvalue weighted by atomic mass is 35.5. The van der Waals surface area contributed by atoms with Crippen LogP contribution in [0, 0.1) is 11.8 Å². The van der Waals surface area contributed by atoms with Crippen molar-refractivity contribution in [2.75, 3.05) is 13.1 Å². The predicted molar refractivity (Wildman–Crippen MR) is 81.4 cm³/mol. The Morgan fingerprint density at radius 2 is 1.89 bits per heavy atom. The number of carbonyl (C=O) groups is 1. The molecule has 1 heterocycles. The Balaban J connectivity index is 0.00000180. The number of rotatable bonds is 4. The SMILES string of the molecule is CCCCC1CCC(C(=O)N2CCC(N)C2)CC1.Cl. The monoisotopic (exact) mass is 288 g/mol. The van der Waals surface area contributed by atoms with Gasteiger partial charge in [-0.3, -0.25) is 4.79 Å². The molecule has 0 bridgehead atoms. The van der Waals surface area contributed by atoms with Gasteiger partial charge in [-0.15, -0.1) is 12.4 Å². The zero-order valence-corrected chi connectivity index (χ0v) is 13.0. The smallest absolute Gasteiger partial charge is 0.225 e. The van der Waals surface area contributed by atoms with Crippen LogP contribution in [0.1, 0.15) is 58.3 Å². The van der Waals surface area contributed by atoms with Crippen molar-refractivity contribution in [3.05, 3.63) is 0 Å². The first-order chi connectivity index (χ1) is 8.70. The first kappa shape index (κ1) is 16.8. The van der Waals surface area contributed by atoms with Gasteiger partial charge in [0, 0.05) is 25.0 Å². The van der Waals surface area contributed by atoms with Gasteiger partial charge in [0.05, 0.1) is 0 Å². The number of unbranched alkanes of at least 4 members (excludes halogenated alkanes) is 1. The van der Waals surface area contributed by atoms with Gasteiger partial charge in [0.1, 0.15) is 0 Å². The van der Waals surface area contributed by atoms with Gasteiger partial charge in [-0.05, 0) is 38.0 Å². The lowest BCUT2D eigenvalue weighted by molar-refractivity contribution is -0.135. The van der Waals surface area contributed by atoms with Gasteiger partial charge in [0.15, 0.2) is 0 Å². The predicted octanol–water partition coefficient (Wildman–Crippen LogP) is 2.96. The van der Waals surface area contributed by atoms with E-state index in [4.69, 9.17) is 5.73 Å². The molecule has 0 spiro atoms. The second kappa shape index (κ2) is 8.11. The molecule has 1 atom stereocenters.